The number of piperidine rings is 1. The minimum absolute atomic E-state index is 0.0372. The first kappa shape index (κ1) is 17.4. The minimum Gasteiger partial charge on any atom is -0.378 e. The van der Waals surface area contributed by atoms with Crippen LogP contribution >= 0.6 is 0 Å². The number of nitrogens with one attached hydrogen (secondary N) is 2. The second kappa shape index (κ2) is 11.0. The van der Waals surface area contributed by atoms with Crippen molar-refractivity contribution in [2.45, 2.75) is 25.4 Å². The molecule has 0 atom stereocenters. The fraction of sp³-hybridized carbons (Fsp3) is 0.929. The number of likely N-dealkylation sites (N-methyl/N-ethyl adjacent to an activating group) is 1. The van der Waals surface area contributed by atoms with E-state index < -0.39 is 0 Å². The molecule has 6 heteroatoms. The molecule has 1 amide bonds. The van der Waals surface area contributed by atoms with Gasteiger partial charge in [0, 0.05) is 19.5 Å². The summed E-state index contributed by atoms with van der Waals surface area (Å²) < 4.78 is 11.1. The van der Waals surface area contributed by atoms with Gasteiger partial charge in [-0.2, -0.15) is 0 Å². The van der Waals surface area contributed by atoms with Crippen LogP contribution in [0, 0.1) is 0 Å². The molecule has 1 aliphatic heterocycles. The maximum atomic E-state index is 11.6. The lowest BCUT2D eigenvalue weighted by molar-refractivity contribution is -0.123. The first-order valence-electron chi connectivity index (χ1n) is 7.50. The summed E-state index contributed by atoms with van der Waals surface area (Å²) >= 11 is 0. The summed E-state index contributed by atoms with van der Waals surface area (Å²) in [6.45, 7) is 5.27. The SMILES string of the molecule is CN(C)CCOCCNC(=O)CCOC1CCNCC1. The Bertz CT molecular complexity index is 256. The molecule has 0 spiro atoms. The lowest BCUT2D eigenvalue weighted by Gasteiger charge is -2.22. The Kier molecular flexibility index (Phi) is 9.57. The molecule has 0 aliphatic carbocycles. The molecular formula is C14H29N3O3. The molecule has 118 valence electrons. The largest absolute Gasteiger partial charge is 0.378 e. The van der Waals surface area contributed by atoms with Crippen LogP contribution in [0.2, 0.25) is 0 Å². The average Bonchev–Trinajstić information content (AvgIpc) is 2.43. The van der Waals surface area contributed by atoms with Crippen molar-refractivity contribution in [3.63, 3.8) is 0 Å². The summed E-state index contributed by atoms with van der Waals surface area (Å²) in [5.41, 5.74) is 0. The van der Waals surface area contributed by atoms with Crippen molar-refractivity contribution in [1.82, 2.24) is 15.5 Å². The van der Waals surface area contributed by atoms with Gasteiger partial charge in [0.1, 0.15) is 0 Å². The molecule has 0 radical (unpaired) electrons. The Hall–Kier alpha value is -0.690. The topological polar surface area (TPSA) is 62.8 Å². The summed E-state index contributed by atoms with van der Waals surface area (Å²) in [6.07, 6.45) is 2.84. The highest BCUT2D eigenvalue weighted by Crippen LogP contribution is 2.07. The number of carbonyl (C=O) groups excluding carboxylic acids is 1. The maximum Gasteiger partial charge on any atom is 0.222 e. The Balaban J connectivity index is 1.87. The van der Waals surface area contributed by atoms with Crippen molar-refractivity contribution in [1.29, 1.82) is 0 Å². The number of carbonyl (C=O) groups is 1. The van der Waals surface area contributed by atoms with Crippen molar-refractivity contribution in [3.05, 3.63) is 0 Å². The van der Waals surface area contributed by atoms with Gasteiger partial charge < -0.3 is 25.0 Å². The zero-order valence-electron chi connectivity index (χ0n) is 12.8. The molecule has 0 bridgehead atoms. The zero-order valence-corrected chi connectivity index (χ0v) is 12.8. The van der Waals surface area contributed by atoms with E-state index in [-0.39, 0.29) is 5.91 Å². The van der Waals surface area contributed by atoms with Gasteiger partial charge in [0.2, 0.25) is 5.91 Å². The van der Waals surface area contributed by atoms with Crippen LogP contribution in [-0.2, 0) is 14.3 Å². The number of hydrogen-bond donors (Lipinski definition) is 2. The van der Waals surface area contributed by atoms with Gasteiger partial charge >= 0.3 is 0 Å². The van der Waals surface area contributed by atoms with Crippen LogP contribution in [0.15, 0.2) is 0 Å². The average molecular weight is 287 g/mol. The second-order valence-corrected chi connectivity index (χ2v) is 5.34. The second-order valence-electron chi connectivity index (χ2n) is 5.34. The third kappa shape index (κ3) is 9.25. The van der Waals surface area contributed by atoms with Crippen LogP contribution in [-0.4, -0.2) is 77.0 Å². The summed E-state index contributed by atoms with van der Waals surface area (Å²) in [5.74, 6) is 0.0372. The Morgan fingerprint density at radius 3 is 2.70 bits per heavy atom. The monoisotopic (exact) mass is 287 g/mol. The minimum atomic E-state index is 0.0372. The first-order valence-corrected chi connectivity index (χ1v) is 7.50. The number of rotatable bonds is 10. The van der Waals surface area contributed by atoms with Gasteiger partial charge in [-0.05, 0) is 40.0 Å². The van der Waals surface area contributed by atoms with E-state index in [1.165, 1.54) is 0 Å². The van der Waals surface area contributed by atoms with Gasteiger partial charge in [-0.3, -0.25) is 4.79 Å². The van der Waals surface area contributed by atoms with Crippen LogP contribution in [0.25, 0.3) is 0 Å². The molecule has 0 aromatic carbocycles. The van der Waals surface area contributed by atoms with Gasteiger partial charge in [-0.1, -0.05) is 0 Å². The quantitative estimate of drug-likeness (QED) is 0.547. The highest BCUT2D eigenvalue weighted by molar-refractivity contribution is 5.75. The predicted octanol–water partition coefficient (Wildman–Crippen LogP) is -0.160. The molecule has 1 rings (SSSR count). The van der Waals surface area contributed by atoms with E-state index in [1.807, 2.05) is 14.1 Å². The number of hydrogen-bond acceptors (Lipinski definition) is 5. The molecule has 1 aliphatic rings. The van der Waals surface area contributed by atoms with E-state index in [2.05, 4.69) is 15.5 Å². The Morgan fingerprint density at radius 1 is 1.25 bits per heavy atom. The molecule has 1 fully saturated rings. The predicted molar refractivity (Wildman–Crippen MR) is 78.8 cm³/mol. The molecule has 0 aromatic heterocycles. The standard InChI is InChI=1S/C14H29N3O3/c1-17(2)9-12-19-11-8-16-14(18)5-10-20-13-3-6-15-7-4-13/h13,15H,3-12H2,1-2H3,(H,16,18). The number of ether oxygens (including phenoxy) is 2. The van der Waals surface area contributed by atoms with E-state index in [4.69, 9.17) is 9.47 Å². The molecule has 0 unspecified atom stereocenters. The van der Waals surface area contributed by atoms with Crippen LogP contribution in [0.3, 0.4) is 0 Å². The van der Waals surface area contributed by atoms with E-state index >= 15 is 0 Å². The van der Waals surface area contributed by atoms with Crippen LogP contribution < -0.4 is 10.6 Å². The molecule has 0 aromatic rings. The molecule has 0 saturated carbocycles. The van der Waals surface area contributed by atoms with Crippen molar-refractivity contribution in [2.75, 3.05) is 60.1 Å². The van der Waals surface area contributed by atoms with Crippen molar-refractivity contribution < 1.29 is 14.3 Å². The van der Waals surface area contributed by atoms with Crippen molar-refractivity contribution in [2.24, 2.45) is 0 Å². The van der Waals surface area contributed by atoms with Crippen LogP contribution in [0.5, 0.6) is 0 Å². The Labute approximate surface area is 122 Å². The lowest BCUT2D eigenvalue weighted by Crippen LogP contribution is -2.33. The first-order chi connectivity index (χ1) is 9.68. The third-order valence-corrected chi connectivity index (χ3v) is 3.22. The molecule has 6 nitrogen and oxygen atoms in total. The fourth-order valence-corrected chi connectivity index (χ4v) is 1.98. The fourth-order valence-electron chi connectivity index (χ4n) is 1.98. The highest BCUT2D eigenvalue weighted by Gasteiger charge is 2.13. The smallest absolute Gasteiger partial charge is 0.222 e. The summed E-state index contributed by atoms with van der Waals surface area (Å²) in [5, 5.41) is 6.13. The van der Waals surface area contributed by atoms with E-state index in [1.54, 1.807) is 0 Å². The van der Waals surface area contributed by atoms with Crippen LogP contribution in [0.1, 0.15) is 19.3 Å². The summed E-state index contributed by atoms with van der Waals surface area (Å²) in [7, 11) is 4.01. The Morgan fingerprint density at radius 2 is 2.00 bits per heavy atom. The van der Waals surface area contributed by atoms with Gasteiger partial charge in [-0.15, -0.1) is 0 Å². The third-order valence-electron chi connectivity index (χ3n) is 3.22. The normalized spacial score (nSPS) is 16.6. The van der Waals surface area contributed by atoms with Gasteiger partial charge in [0.05, 0.1) is 25.9 Å². The molecular weight excluding hydrogens is 258 g/mol. The van der Waals surface area contributed by atoms with Gasteiger partial charge in [-0.25, -0.2) is 0 Å². The summed E-state index contributed by atoms with van der Waals surface area (Å²) in [6, 6.07) is 0. The van der Waals surface area contributed by atoms with Crippen molar-refractivity contribution >= 4 is 5.91 Å². The number of nitrogens with zero attached hydrogens (tertiary/aromatic N) is 1. The summed E-state index contributed by atoms with van der Waals surface area (Å²) in [4.78, 5) is 13.6. The maximum absolute atomic E-state index is 11.6. The molecule has 1 saturated heterocycles. The lowest BCUT2D eigenvalue weighted by atomic mass is 10.1. The molecule has 20 heavy (non-hydrogen) atoms. The van der Waals surface area contributed by atoms with E-state index in [0.717, 1.165) is 32.5 Å². The van der Waals surface area contributed by atoms with Crippen molar-refractivity contribution in [3.8, 4) is 0 Å². The molecule has 1 heterocycles. The van der Waals surface area contributed by atoms with Crippen LogP contribution in [0.4, 0.5) is 0 Å². The molecule has 2 N–H and O–H groups in total. The van der Waals surface area contributed by atoms with E-state index in [9.17, 15) is 4.79 Å². The number of amides is 1. The zero-order chi connectivity index (χ0) is 14.6. The van der Waals surface area contributed by atoms with Gasteiger partial charge in [0.15, 0.2) is 0 Å². The van der Waals surface area contributed by atoms with E-state index in [0.29, 0.717) is 38.9 Å². The highest BCUT2D eigenvalue weighted by atomic mass is 16.5. The van der Waals surface area contributed by atoms with Gasteiger partial charge in [0.25, 0.3) is 0 Å².